The van der Waals surface area contributed by atoms with Crippen LogP contribution in [0.2, 0.25) is 0 Å². The summed E-state index contributed by atoms with van der Waals surface area (Å²) in [7, 11) is 1.39. The lowest BCUT2D eigenvalue weighted by Gasteiger charge is -2.35. The summed E-state index contributed by atoms with van der Waals surface area (Å²) in [6, 6.07) is 12.3. The monoisotopic (exact) mass is 397 g/mol. The summed E-state index contributed by atoms with van der Waals surface area (Å²) in [5.41, 5.74) is 2.53. The van der Waals surface area contributed by atoms with Crippen molar-refractivity contribution in [3.63, 3.8) is 0 Å². The molecule has 7 heteroatoms. The van der Waals surface area contributed by atoms with E-state index < -0.39 is 5.82 Å². The highest BCUT2D eigenvalue weighted by molar-refractivity contribution is 5.97. The maximum absolute atomic E-state index is 13.9. The van der Waals surface area contributed by atoms with Crippen molar-refractivity contribution in [3.05, 3.63) is 59.4 Å². The topological polar surface area (TPSA) is 53.1 Å². The fourth-order valence-corrected chi connectivity index (χ4v) is 3.97. The van der Waals surface area contributed by atoms with Gasteiger partial charge in [0.05, 0.1) is 13.7 Å². The predicted molar refractivity (Wildman–Crippen MR) is 108 cm³/mol. The fraction of sp³-hybridized carbons (Fsp3) is 0.364. The number of methoxy groups -OCH3 is 1. The lowest BCUT2D eigenvalue weighted by molar-refractivity contribution is -0.120. The summed E-state index contributed by atoms with van der Waals surface area (Å²) in [6.45, 7) is 3.32. The number of anilines is 1. The number of benzene rings is 2. The maximum atomic E-state index is 13.9. The normalized spacial score (nSPS) is 16.6. The Morgan fingerprint density at radius 3 is 2.52 bits per heavy atom. The van der Waals surface area contributed by atoms with E-state index >= 15 is 0 Å². The number of carbonyl (C=O) groups is 2. The molecule has 0 unspecified atom stereocenters. The van der Waals surface area contributed by atoms with E-state index in [-0.39, 0.29) is 17.6 Å². The van der Waals surface area contributed by atoms with Crippen LogP contribution in [0.1, 0.15) is 15.9 Å². The molecule has 2 amide bonds. The smallest absolute Gasteiger partial charge is 0.254 e. The van der Waals surface area contributed by atoms with E-state index in [4.69, 9.17) is 4.74 Å². The van der Waals surface area contributed by atoms with Gasteiger partial charge in [0.1, 0.15) is 0 Å². The molecule has 4 rings (SSSR count). The number of hydrogen-bond donors (Lipinski definition) is 0. The van der Waals surface area contributed by atoms with Crippen LogP contribution in [0.5, 0.6) is 5.75 Å². The average Bonchev–Trinajstić information content (AvgIpc) is 3.18. The Kier molecular flexibility index (Phi) is 5.49. The van der Waals surface area contributed by atoms with E-state index in [0.29, 0.717) is 38.3 Å². The van der Waals surface area contributed by atoms with Crippen molar-refractivity contribution in [2.75, 3.05) is 51.3 Å². The molecule has 0 bridgehead atoms. The van der Waals surface area contributed by atoms with E-state index in [1.165, 1.54) is 24.8 Å². The zero-order chi connectivity index (χ0) is 20.4. The molecule has 0 aliphatic carbocycles. The molecule has 0 saturated carbocycles. The van der Waals surface area contributed by atoms with Crippen LogP contribution in [0, 0.1) is 5.82 Å². The third-order valence-corrected chi connectivity index (χ3v) is 5.61. The van der Waals surface area contributed by atoms with E-state index in [1.807, 2.05) is 23.1 Å². The van der Waals surface area contributed by atoms with Gasteiger partial charge in [0.2, 0.25) is 5.91 Å². The quantitative estimate of drug-likeness (QED) is 0.794. The molecule has 0 radical (unpaired) electrons. The number of hydrogen-bond acceptors (Lipinski definition) is 4. The van der Waals surface area contributed by atoms with E-state index in [1.54, 1.807) is 11.0 Å². The number of piperazine rings is 1. The summed E-state index contributed by atoms with van der Waals surface area (Å²) in [5.74, 6) is -0.542. The molecule has 2 aromatic rings. The van der Waals surface area contributed by atoms with Crippen molar-refractivity contribution in [2.24, 2.45) is 0 Å². The van der Waals surface area contributed by atoms with Crippen molar-refractivity contribution in [2.45, 2.75) is 6.42 Å². The average molecular weight is 397 g/mol. The first-order valence-corrected chi connectivity index (χ1v) is 9.80. The van der Waals surface area contributed by atoms with Gasteiger partial charge in [-0.1, -0.05) is 18.2 Å². The predicted octanol–water partition coefficient (Wildman–Crippen LogP) is 2.18. The molecule has 0 aromatic heterocycles. The Hall–Kier alpha value is -2.93. The lowest BCUT2D eigenvalue weighted by atomic mass is 10.1. The second kappa shape index (κ2) is 8.21. The molecule has 2 aromatic carbocycles. The molecule has 2 aliphatic heterocycles. The van der Waals surface area contributed by atoms with Gasteiger partial charge < -0.3 is 14.5 Å². The van der Waals surface area contributed by atoms with E-state index in [0.717, 1.165) is 18.7 Å². The number of ether oxygens (including phenoxy) is 1. The Bertz CT molecular complexity index is 925. The van der Waals surface area contributed by atoms with Crippen LogP contribution < -0.4 is 9.64 Å². The molecule has 0 atom stereocenters. The lowest BCUT2D eigenvalue weighted by Crippen LogP contribution is -2.51. The van der Waals surface area contributed by atoms with Gasteiger partial charge in [-0.25, -0.2) is 4.39 Å². The fourth-order valence-electron chi connectivity index (χ4n) is 3.97. The maximum Gasteiger partial charge on any atom is 0.254 e. The highest BCUT2D eigenvalue weighted by Crippen LogP contribution is 2.27. The number of nitrogens with zero attached hydrogens (tertiary/aromatic N) is 3. The van der Waals surface area contributed by atoms with Crippen LogP contribution in [-0.4, -0.2) is 68.0 Å². The van der Waals surface area contributed by atoms with Crippen molar-refractivity contribution in [1.82, 2.24) is 9.80 Å². The summed E-state index contributed by atoms with van der Waals surface area (Å²) >= 11 is 0. The highest BCUT2D eigenvalue weighted by Gasteiger charge is 2.28. The van der Waals surface area contributed by atoms with Gasteiger partial charge in [-0.15, -0.1) is 0 Å². The van der Waals surface area contributed by atoms with Gasteiger partial charge in [0.25, 0.3) is 5.91 Å². The zero-order valence-electron chi connectivity index (χ0n) is 16.4. The molecular weight excluding hydrogens is 373 g/mol. The molecule has 2 aliphatic rings. The van der Waals surface area contributed by atoms with Crippen molar-refractivity contribution < 1.29 is 18.7 Å². The highest BCUT2D eigenvalue weighted by atomic mass is 19.1. The van der Waals surface area contributed by atoms with Crippen molar-refractivity contribution in [1.29, 1.82) is 0 Å². The van der Waals surface area contributed by atoms with Crippen molar-refractivity contribution in [3.8, 4) is 5.75 Å². The van der Waals surface area contributed by atoms with Crippen molar-refractivity contribution >= 4 is 17.5 Å². The molecular formula is C22H24FN3O3. The van der Waals surface area contributed by atoms with E-state index in [2.05, 4.69) is 11.0 Å². The molecule has 1 saturated heterocycles. The molecule has 1 fully saturated rings. The minimum Gasteiger partial charge on any atom is -0.494 e. The van der Waals surface area contributed by atoms with Crippen LogP contribution in [-0.2, 0) is 11.2 Å². The SMILES string of the molecule is COc1ccc(C(=O)N2CCN(CC(=O)N3CCc4ccccc43)CC2)cc1F. The molecule has 2 heterocycles. The molecule has 152 valence electrons. The minimum absolute atomic E-state index is 0.0898. The van der Waals surface area contributed by atoms with Gasteiger partial charge in [0.15, 0.2) is 11.6 Å². The molecule has 29 heavy (non-hydrogen) atoms. The van der Waals surface area contributed by atoms with Gasteiger partial charge in [-0.3, -0.25) is 14.5 Å². The number of rotatable bonds is 4. The van der Waals surface area contributed by atoms with Gasteiger partial charge >= 0.3 is 0 Å². The molecule has 0 spiro atoms. The third kappa shape index (κ3) is 3.96. The number of carbonyl (C=O) groups excluding carboxylic acids is 2. The first-order valence-electron chi connectivity index (χ1n) is 9.80. The number of fused-ring (bicyclic) bond motifs is 1. The van der Waals surface area contributed by atoms with Gasteiger partial charge in [-0.2, -0.15) is 0 Å². The minimum atomic E-state index is -0.548. The summed E-state index contributed by atoms with van der Waals surface area (Å²) in [4.78, 5) is 31.0. The summed E-state index contributed by atoms with van der Waals surface area (Å²) < 4.78 is 18.8. The number of halogens is 1. The second-order valence-electron chi connectivity index (χ2n) is 7.34. The summed E-state index contributed by atoms with van der Waals surface area (Å²) in [5, 5.41) is 0. The zero-order valence-corrected chi connectivity index (χ0v) is 16.4. The van der Waals surface area contributed by atoms with Crippen LogP contribution >= 0.6 is 0 Å². The number of amides is 2. The Morgan fingerprint density at radius 2 is 1.79 bits per heavy atom. The third-order valence-electron chi connectivity index (χ3n) is 5.61. The van der Waals surface area contributed by atoms with Crippen LogP contribution in [0.15, 0.2) is 42.5 Å². The first kappa shape index (κ1) is 19.4. The largest absolute Gasteiger partial charge is 0.494 e. The van der Waals surface area contributed by atoms with Gasteiger partial charge in [-0.05, 0) is 36.2 Å². The second-order valence-corrected chi connectivity index (χ2v) is 7.34. The Labute approximate surface area is 169 Å². The summed E-state index contributed by atoms with van der Waals surface area (Å²) in [6.07, 6.45) is 0.891. The standard InChI is InChI=1S/C22H24FN3O3/c1-29-20-7-6-17(14-18(20)23)22(28)25-12-10-24(11-13-25)15-21(27)26-9-8-16-4-2-3-5-19(16)26/h2-7,14H,8-13,15H2,1H3. The molecule has 0 N–H and O–H groups in total. The van der Waals surface area contributed by atoms with Crippen LogP contribution in [0.25, 0.3) is 0 Å². The van der Waals surface area contributed by atoms with Crippen LogP contribution in [0.4, 0.5) is 10.1 Å². The Balaban J connectivity index is 1.32. The first-order chi connectivity index (χ1) is 14.1. The van der Waals surface area contributed by atoms with E-state index in [9.17, 15) is 14.0 Å². The van der Waals surface area contributed by atoms with Crippen LogP contribution in [0.3, 0.4) is 0 Å². The number of para-hydroxylation sites is 1. The Morgan fingerprint density at radius 1 is 1.03 bits per heavy atom. The van der Waals surface area contributed by atoms with Gasteiger partial charge in [0, 0.05) is 44.0 Å². The molecule has 6 nitrogen and oxygen atoms in total.